The van der Waals surface area contributed by atoms with Crippen molar-refractivity contribution in [3.8, 4) is 0 Å². The first-order valence-corrected chi connectivity index (χ1v) is 6.21. The van der Waals surface area contributed by atoms with Crippen LogP contribution in [-0.2, 0) is 22.7 Å². The number of fused-ring (bicyclic) bond motifs is 1. The number of rotatable bonds is 4. The second-order valence-corrected chi connectivity index (χ2v) is 4.45. The maximum absolute atomic E-state index is 10.9. The van der Waals surface area contributed by atoms with E-state index < -0.39 is 0 Å². The quantitative estimate of drug-likeness (QED) is 0.779. The van der Waals surface area contributed by atoms with E-state index in [0.717, 1.165) is 29.8 Å². The molecule has 0 bridgehead atoms. The van der Waals surface area contributed by atoms with E-state index in [-0.39, 0.29) is 12.6 Å². The van der Waals surface area contributed by atoms with E-state index in [0.29, 0.717) is 0 Å². The molecule has 1 aromatic carbocycles. The molecule has 0 aliphatic carbocycles. The van der Waals surface area contributed by atoms with E-state index in [1.54, 1.807) is 0 Å². The molecular weight excluding hydrogens is 228 g/mol. The number of benzene rings is 1. The Labute approximate surface area is 107 Å². The molecule has 0 saturated carbocycles. The molecule has 0 saturated heterocycles. The van der Waals surface area contributed by atoms with E-state index >= 15 is 0 Å². The molecule has 4 nitrogen and oxygen atoms in total. The first-order valence-electron chi connectivity index (χ1n) is 6.21. The van der Waals surface area contributed by atoms with Gasteiger partial charge in [-0.3, -0.25) is 4.79 Å². The minimum atomic E-state index is -0.277. The van der Waals surface area contributed by atoms with Gasteiger partial charge in [0.2, 0.25) is 0 Å². The predicted octanol–water partition coefficient (Wildman–Crippen LogP) is 2.82. The molecule has 96 valence electrons. The molecule has 0 spiro atoms. The largest absolute Gasteiger partial charge is 0.458 e. The average molecular weight is 246 g/mol. The number of aromatic nitrogens is 2. The fourth-order valence-corrected chi connectivity index (χ4v) is 2.04. The highest BCUT2D eigenvalue weighted by atomic mass is 16.5. The van der Waals surface area contributed by atoms with Crippen LogP contribution < -0.4 is 0 Å². The molecule has 2 aromatic rings. The Morgan fingerprint density at radius 1 is 1.44 bits per heavy atom. The number of ether oxygens (including phenoxy) is 1. The topological polar surface area (TPSA) is 44.1 Å². The third-order valence-corrected chi connectivity index (χ3v) is 2.83. The van der Waals surface area contributed by atoms with Crippen LogP contribution in [0.1, 0.15) is 31.7 Å². The number of carbonyl (C=O) groups excluding carboxylic acids is 1. The van der Waals surface area contributed by atoms with Crippen molar-refractivity contribution in [3.63, 3.8) is 0 Å². The summed E-state index contributed by atoms with van der Waals surface area (Å²) in [6, 6.07) is 6.20. The van der Waals surface area contributed by atoms with Crippen molar-refractivity contribution in [1.82, 2.24) is 9.55 Å². The zero-order chi connectivity index (χ0) is 13.1. The van der Waals surface area contributed by atoms with Crippen molar-refractivity contribution in [2.45, 2.75) is 40.3 Å². The smallest absolute Gasteiger partial charge is 0.303 e. The van der Waals surface area contributed by atoms with Crippen LogP contribution in [0.15, 0.2) is 18.2 Å². The fraction of sp³-hybridized carbons (Fsp3) is 0.429. The number of esters is 1. The molecule has 1 aromatic heterocycles. The number of imidazole rings is 1. The minimum Gasteiger partial charge on any atom is -0.458 e. The summed E-state index contributed by atoms with van der Waals surface area (Å²) in [5.41, 5.74) is 3.25. The van der Waals surface area contributed by atoms with Crippen LogP contribution in [0.4, 0.5) is 0 Å². The van der Waals surface area contributed by atoms with E-state index in [1.807, 2.05) is 6.92 Å². The van der Waals surface area contributed by atoms with Crippen molar-refractivity contribution in [2.24, 2.45) is 0 Å². The van der Waals surface area contributed by atoms with Crippen LogP contribution in [0.3, 0.4) is 0 Å². The fourth-order valence-electron chi connectivity index (χ4n) is 2.04. The van der Waals surface area contributed by atoms with Gasteiger partial charge in [-0.05, 0) is 31.0 Å². The first-order chi connectivity index (χ1) is 8.61. The second-order valence-electron chi connectivity index (χ2n) is 4.45. The molecule has 0 aliphatic rings. The zero-order valence-corrected chi connectivity index (χ0v) is 11.1. The minimum absolute atomic E-state index is 0.239. The Hall–Kier alpha value is -1.84. The van der Waals surface area contributed by atoms with Gasteiger partial charge in [0.1, 0.15) is 12.4 Å². The Morgan fingerprint density at radius 2 is 2.22 bits per heavy atom. The van der Waals surface area contributed by atoms with Crippen molar-refractivity contribution in [3.05, 3.63) is 29.6 Å². The molecule has 0 amide bonds. The van der Waals surface area contributed by atoms with Gasteiger partial charge in [0.05, 0.1) is 11.0 Å². The number of hydrogen-bond donors (Lipinski definition) is 0. The van der Waals surface area contributed by atoms with Crippen LogP contribution in [0, 0.1) is 6.92 Å². The van der Waals surface area contributed by atoms with E-state index in [4.69, 9.17) is 4.74 Å². The van der Waals surface area contributed by atoms with Gasteiger partial charge in [-0.15, -0.1) is 0 Å². The van der Waals surface area contributed by atoms with Crippen molar-refractivity contribution >= 4 is 17.0 Å². The average Bonchev–Trinajstić information content (AvgIpc) is 2.64. The maximum atomic E-state index is 10.9. The van der Waals surface area contributed by atoms with E-state index in [1.165, 1.54) is 12.5 Å². The molecule has 0 aliphatic heterocycles. The summed E-state index contributed by atoms with van der Waals surface area (Å²) in [4.78, 5) is 15.4. The third kappa shape index (κ3) is 2.53. The van der Waals surface area contributed by atoms with Gasteiger partial charge in [0.25, 0.3) is 0 Å². The lowest BCUT2D eigenvalue weighted by molar-refractivity contribution is -0.142. The van der Waals surface area contributed by atoms with Crippen molar-refractivity contribution < 1.29 is 9.53 Å². The highest BCUT2D eigenvalue weighted by Crippen LogP contribution is 2.19. The van der Waals surface area contributed by atoms with Gasteiger partial charge in [0.15, 0.2) is 0 Å². The van der Waals surface area contributed by atoms with Crippen LogP contribution in [0.25, 0.3) is 11.0 Å². The van der Waals surface area contributed by atoms with Gasteiger partial charge >= 0.3 is 5.97 Å². The predicted molar refractivity (Wildman–Crippen MR) is 70.2 cm³/mol. The summed E-state index contributed by atoms with van der Waals surface area (Å²) in [6.07, 6.45) is 1.02. The maximum Gasteiger partial charge on any atom is 0.303 e. The molecule has 1 heterocycles. The SMILES string of the molecule is CCCn1c(COC(C)=O)nc2cc(C)ccc21. The van der Waals surface area contributed by atoms with Gasteiger partial charge in [-0.1, -0.05) is 13.0 Å². The van der Waals surface area contributed by atoms with Crippen molar-refractivity contribution in [1.29, 1.82) is 0 Å². The molecule has 0 N–H and O–H groups in total. The van der Waals surface area contributed by atoms with Crippen LogP contribution >= 0.6 is 0 Å². The standard InChI is InChI=1S/C14H18N2O2/c1-4-7-16-13-6-5-10(2)8-12(13)15-14(16)9-18-11(3)17/h5-6,8H,4,7,9H2,1-3H3. The number of nitrogens with zero attached hydrogens (tertiary/aromatic N) is 2. The Morgan fingerprint density at radius 3 is 2.89 bits per heavy atom. The molecule has 0 atom stereocenters. The Kier molecular flexibility index (Phi) is 3.65. The van der Waals surface area contributed by atoms with Gasteiger partial charge in [-0.25, -0.2) is 4.98 Å². The first kappa shape index (κ1) is 12.6. The van der Waals surface area contributed by atoms with Gasteiger partial charge < -0.3 is 9.30 Å². The summed E-state index contributed by atoms with van der Waals surface area (Å²) in [7, 11) is 0. The van der Waals surface area contributed by atoms with Crippen LogP contribution in [0.2, 0.25) is 0 Å². The number of aryl methyl sites for hydroxylation is 2. The molecule has 0 unspecified atom stereocenters. The molecule has 2 rings (SSSR count). The zero-order valence-electron chi connectivity index (χ0n) is 11.1. The van der Waals surface area contributed by atoms with E-state index in [2.05, 4.69) is 34.7 Å². The Bertz CT molecular complexity index is 572. The van der Waals surface area contributed by atoms with Crippen molar-refractivity contribution in [2.75, 3.05) is 0 Å². The van der Waals surface area contributed by atoms with Gasteiger partial charge in [0, 0.05) is 13.5 Å². The Balaban J connectivity index is 2.43. The normalized spacial score (nSPS) is 10.8. The summed E-state index contributed by atoms with van der Waals surface area (Å²) in [5.74, 6) is 0.536. The van der Waals surface area contributed by atoms with Crippen LogP contribution in [-0.4, -0.2) is 15.5 Å². The number of hydrogen-bond acceptors (Lipinski definition) is 3. The van der Waals surface area contributed by atoms with E-state index in [9.17, 15) is 4.79 Å². The molecule has 4 heteroatoms. The monoisotopic (exact) mass is 246 g/mol. The molecule has 0 radical (unpaired) electrons. The lowest BCUT2D eigenvalue weighted by Gasteiger charge is -2.07. The van der Waals surface area contributed by atoms with Crippen LogP contribution in [0.5, 0.6) is 0 Å². The second kappa shape index (κ2) is 5.21. The third-order valence-electron chi connectivity index (χ3n) is 2.83. The lowest BCUT2D eigenvalue weighted by Crippen LogP contribution is -2.07. The molecule has 18 heavy (non-hydrogen) atoms. The highest BCUT2D eigenvalue weighted by molar-refractivity contribution is 5.77. The van der Waals surface area contributed by atoms with Gasteiger partial charge in [-0.2, -0.15) is 0 Å². The summed E-state index contributed by atoms with van der Waals surface area (Å²) >= 11 is 0. The summed E-state index contributed by atoms with van der Waals surface area (Å²) in [6.45, 7) is 6.70. The molecular formula is C14H18N2O2. The lowest BCUT2D eigenvalue weighted by atomic mass is 10.2. The summed E-state index contributed by atoms with van der Waals surface area (Å²) < 4.78 is 7.18. The molecule has 0 fully saturated rings. The summed E-state index contributed by atoms with van der Waals surface area (Å²) in [5, 5.41) is 0. The highest BCUT2D eigenvalue weighted by Gasteiger charge is 2.11. The number of carbonyl (C=O) groups is 1.